The first-order chi connectivity index (χ1) is 8.25. The van der Waals surface area contributed by atoms with Crippen LogP contribution in [0, 0.1) is 46.3 Å². The fraction of sp³-hybridized carbons (Fsp3) is 0.562. The molecule has 8 bridgehead atoms. The van der Waals surface area contributed by atoms with E-state index in [1.807, 2.05) is 6.08 Å². The molecule has 17 heavy (non-hydrogen) atoms. The molecule has 4 saturated carbocycles. The molecule has 0 aromatic rings. The van der Waals surface area contributed by atoms with Gasteiger partial charge in [0.05, 0.1) is 5.41 Å². The summed E-state index contributed by atoms with van der Waals surface area (Å²) in [6.07, 6.45) is 11.7. The lowest BCUT2D eigenvalue weighted by Gasteiger charge is -2.48. The Bertz CT molecular complexity index is 573. The highest BCUT2D eigenvalue weighted by Crippen LogP contribution is 2.92. The molecule has 84 valence electrons. The van der Waals surface area contributed by atoms with E-state index >= 15 is 0 Å². The third-order valence-electron chi connectivity index (χ3n) is 7.35. The highest BCUT2D eigenvalue weighted by Gasteiger charge is 2.91. The summed E-state index contributed by atoms with van der Waals surface area (Å²) in [5.41, 5.74) is 1.63. The average molecular weight is 222 g/mol. The van der Waals surface area contributed by atoms with Crippen LogP contribution in [0.5, 0.6) is 0 Å². The lowest BCUT2D eigenvalue weighted by molar-refractivity contribution is -0.130. The number of ketones is 1. The Hall–Kier alpha value is -1.11. The fourth-order valence-corrected chi connectivity index (χ4v) is 7.59. The molecule has 2 unspecified atom stereocenters. The van der Waals surface area contributed by atoms with E-state index < -0.39 is 0 Å². The van der Waals surface area contributed by atoms with Gasteiger partial charge in [0.2, 0.25) is 0 Å². The molecule has 1 nitrogen and oxygen atoms in total. The molecule has 0 aromatic heterocycles. The molecular weight excluding hydrogens is 208 g/mol. The molecule has 0 N–H and O–H groups in total. The standard InChI is InChI=1S/C16H14O/c1-7-6-12(17)16-10-4-2-8-13(10)14-9(15(7,8)16)3-5-11(14)16/h2-6,8-11,13-14H,1H3/t8-,9+,10-,11-,13-,14-,15?,16?/m1/s1. The number of hydrogen-bond acceptors (Lipinski definition) is 1. The molecule has 0 heterocycles. The minimum atomic E-state index is -0.00868. The summed E-state index contributed by atoms with van der Waals surface area (Å²) >= 11 is 0. The van der Waals surface area contributed by atoms with Crippen molar-refractivity contribution in [1.82, 2.24) is 0 Å². The average Bonchev–Trinajstić information content (AvgIpc) is 3.06. The molecular formula is C16H14O. The van der Waals surface area contributed by atoms with Crippen LogP contribution < -0.4 is 0 Å². The van der Waals surface area contributed by atoms with Crippen LogP contribution >= 0.6 is 0 Å². The highest BCUT2D eigenvalue weighted by atomic mass is 16.1. The fourth-order valence-electron chi connectivity index (χ4n) is 7.59. The van der Waals surface area contributed by atoms with E-state index in [2.05, 4.69) is 31.2 Å². The number of allylic oxidation sites excluding steroid dienone is 6. The SMILES string of the molecule is CC1=CC(=O)C23[C@@H]4C=C[C@@H]5[C@H]4[C@H]4[C@H]2C=C[C@@H]4C153. The maximum absolute atomic E-state index is 12.7. The molecule has 0 radical (unpaired) electrons. The van der Waals surface area contributed by atoms with Gasteiger partial charge in [-0.3, -0.25) is 4.79 Å². The topological polar surface area (TPSA) is 17.1 Å². The molecule has 4 fully saturated rings. The maximum atomic E-state index is 12.7. The van der Waals surface area contributed by atoms with E-state index in [0.717, 1.165) is 11.8 Å². The van der Waals surface area contributed by atoms with Crippen LogP contribution in [0.15, 0.2) is 36.0 Å². The lowest BCUT2D eigenvalue weighted by atomic mass is 9.53. The second-order valence-electron chi connectivity index (χ2n) is 6.96. The van der Waals surface area contributed by atoms with Crippen molar-refractivity contribution in [3.05, 3.63) is 36.0 Å². The Labute approximate surface area is 100 Å². The predicted octanol–water partition coefficient (Wildman–Crippen LogP) is 2.37. The first-order valence-electron chi connectivity index (χ1n) is 6.85. The van der Waals surface area contributed by atoms with Gasteiger partial charge >= 0.3 is 0 Å². The largest absolute Gasteiger partial charge is 0.294 e. The minimum Gasteiger partial charge on any atom is -0.294 e. The van der Waals surface area contributed by atoms with Crippen molar-refractivity contribution in [3.8, 4) is 0 Å². The molecule has 1 heteroatoms. The van der Waals surface area contributed by atoms with Gasteiger partial charge in [-0.25, -0.2) is 0 Å². The van der Waals surface area contributed by atoms with Crippen molar-refractivity contribution in [2.75, 3.05) is 0 Å². The Balaban J connectivity index is 1.86. The Morgan fingerprint density at radius 3 is 1.82 bits per heavy atom. The second-order valence-corrected chi connectivity index (χ2v) is 6.96. The van der Waals surface area contributed by atoms with Gasteiger partial charge in [0.25, 0.3) is 0 Å². The van der Waals surface area contributed by atoms with Gasteiger partial charge in [-0.1, -0.05) is 29.9 Å². The van der Waals surface area contributed by atoms with Crippen LogP contribution in [0.3, 0.4) is 0 Å². The second kappa shape index (κ2) is 1.81. The quantitative estimate of drug-likeness (QED) is 0.575. The minimum absolute atomic E-state index is 0.00868. The molecule has 2 spiro atoms. The highest BCUT2D eigenvalue weighted by molar-refractivity contribution is 6.03. The zero-order chi connectivity index (χ0) is 11.2. The van der Waals surface area contributed by atoms with Crippen LogP contribution in [-0.2, 0) is 4.79 Å². The zero-order valence-corrected chi connectivity index (χ0v) is 9.76. The summed E-state index contributed by atoms with van der Waals surface area (Å²) in [6, 6.07) is 0. The van der Waals surface area contributed by atoms with E-state index in [-0.39, 0.29) is 10.8 Å². The molecule has 0 saturated heterocycles. The maximum Gasteiger partial charge on any atom is 0.163 e. The normalized spacial score (nSPS) is 69.9. The molecule has 0 aliphatic heterocycles. The van der Waals surface area contributed by atoms with Gasteiger partial charge in [-0.05, 0) is 48.5 Å². The van der Waals surface area contributed by atoms with Crippen molar-refractivity contribution >= 4 is 5.78 Å². The van der Waals surface area contributed by atoms with Gasteiger partial charge < -0.3 is 0 Å². The molecule has 7 rings (SSSR count). The molecule has 0 amide bonds. The lowest BCUT2D eigenvalue weighted by Crippen LogP contribution is -2.49. The predicted molar refractivity (Wildman–Crippen MR) is 62.9 cm³/mol. The van der Waals surface area contributed by atoms with Crippen LogP contribution in [-0.4, -0.2) is 5.78 Å². The first kappa shape index (κ1) is 8.07. The Morgan fingerprint density at radius 2 is 1.35 bits per heavy atom. The summed E-state index contributed by atoms with van der Waals surface area (Å²) in [6.45, 7) is 2.22. The number of carbonyl (C=O) groups is 1. The molecule has 8 atom stereocenters. The number of carbonyl (C=O) groups excluding carboxylic acids is 1. The number of rotatable bonds is 0. The summed E-state index contributed by atoms with van der Waals surface area (Å²) in [4.78, 5) is 12.7. The van der Waals surface area contributed by atoms with E-state index in [4.69, 9.17) is 0 Å². The van der Waals surface area contributed by atoms with E-state index in [9.17, 15) is 4.79 Å². The third kappa shape index (κ3) is 0.408. The summed E-state index contributed by atoms with van der Waals surface area (Å²) in [5, 5.41) is 0. The van der Waals surface area contributed by atoms with Gasteiger partial charge in [0, 0.05) is 5.41 Å². The van der Waals surface area contributed by atoms with Gasteiger partial charge in [-0.15, -0.1) is 0 Å². The molecule has 7 aliphatic rings. The number of hydrogen-bond donors (Lipinski definition) is 0. The van der Waals surface area contributed by atoms with Crippen LogP contribution in [0.25, 0.3) is 0 Å². The van der Waals surface area contributed by atoms with Crippen molar-refractivity contribution in [2.45, 2.75) is 6.92 Å². The van der Waals surface area contributed by atoms with Gasteiger partial charge in [0.1, 0.15) is 0 Å². The van der Waals surface area contributed by atoms with E-state index in [0.29, 0.717) is 29.5 Å². The van der Waals surface area contributed by atoms with Gasteiger partial charge in [-0.2, -0.15) is 0 Å². The van der Waals surface area contributed by atoms with Crippen LogP contribution in [0.2, 0.25) is 0 Å². The van der Waals surface area contributed by atoms with Crippen molar-refractivity contribution in [3.63, 3.8) is 0 Å². The van der Waals surface area contributed by atoms with Crippen LogP contribution in [0.4, 0.5) is 0 Å². The van der Waals surface area contributed by atoms with Crippen molar-refractivity contribution in [1.29, 1.82) is 0 Å². The monoisotopic (exact) mass is 222 g/mol. The van der Waals surface area contributed by atoms with Crippen LogP contribution in [0.1, 0.15) is 6.92 Å². The third-order valence-corrected chi connectivity index (χ3v) is 7.35. The first-order valence-corrected chi connectivity index (χ1v) is 6.85. The Morgan fingerprint density at radius 1 is 0.882 bits per heavy atom. The summed E-state index contributed by atoms with van der Waals surface area (Å²) in [7, 11) is 0. The van der Waals surface area contributed by atoms with Crippen molar-refractivity contribution in [2.24, 2.45) is 46.3 Å². The summed E-state index contributed by atoms with van der Waals surface area (Å²) < 4.78 is 0. The molecule has 7 aliphatic carbocycles. The summed E-state index contributed by atoms with van der Waals surface area (Å²) in [5.74, 6) is 4.59. The van der Waals surface area contributed by atoms with E-state index in [1.54, 1.807) is 0 Å². The Kier molecular flexibility index (Phi) is 0.857. The smallest absolute Gasteiger partial charge is 0.163 e. The molecule has 0 aromatic carbocycles. The van der Waals surface area contributed by atoms with Crippen molar-refractivity contribution < 1.29 is 4.79 Å². The van der Waals surface area contributed by atoms with Gasteiger partial charge in [0.15, 0.2) is 5.78 Å². The van der Waals surface area contributed by atoms with E-state index in [1.165, 1.54) is 5.57 Å². The zero-order valence-electron chi connectivity index (χ0n) is 9.76.